The monoisotopic (exact) mass is 325 g/mol. The Labute approximate surface area is 137 Å². The van der Waals surface area contributed by atoms with E-state index in [0.29, 0.717) is 17.5 Å². The number of nitrogens with zero attached hydrogens (tertiary/aromatic N) is 4. The first-order chi connectivity index (χ1) is 11.3. The lowest BCUT2D eigenvalue weighted by Crippen LogP contribution is -2.05. The summed E-state index contributed by atoms with van der Waals surface area (Å²) in [6.45, 7) is 0. The van der Waals surface area contributed by atoms with E-state index in [-0.39, 0.29) is 5.78 Å². The van der Waals surface area contributed by atoms with Gasteiger partial charge >= 0.3 is 0 Å². The lowest BCUT2D eigenvalue weighted by Gasteiger charge is -2.08. The van der Waals surface area contributed by atoms with Gasteiger partial charge in [-0.15, -0.1) is 10.2 Å². The predicted octanol–water partition coefficient (Wildman–Crippen LogP) is 2.98. The molecule has 1 aliphatic carbocycles. The van der Waals surface area contributed by atoms with E-state index in [2.05, 4.69) is 24.7 Å². The zero-order valence-electron chi connectivity index (χ0n) is 12.3. The average Bonchev–Trinajstić information content (AvgIpc) is 3.12. The molecule has 3 aromatic rings. The summed E-state index contributed by atoms with van der Waals surface area (Å²) < 4.78 is 2.14. The lowest BCUT2D eigenvalue weighted by molar-refractivity contribution is 0.101. The number of hydrogen-bond acceptors (Lipinski definition) is 5. The van der Waals surface area contributed by atoms with Crippen molar-refractivity contribution in [1.82, 2.24) is 24.7 Å². The maximum Gasteiger partial charge on any atom is 0.192 e. The molecule has 6 nitrogen and oxygen atoms in total. The highest BCUT2D eigenvalue weighted by molar-refractivity contribution is 7.99. The van der Waals surface area contributed by atoms with Crippen molar-refractivity contribution in [3.8, 4) is 11.4 Å². The third kappa shape index (κ3) is 2.92. The Bertz CT molecular complexity index is 808. The van der Waals surface area contributed by atoms with E-state index < -0.39 is 0 Å². The molecule has 23 heavy (non-hydrogen) atoms. The van der Waals surface area contributed by atoms with Gasteiger partial charge in [-0.25, -0.2) is 0 Å². The molecule has 116 valence electrons. The molecule has 3 aromatic heterocycles. The van der Waals surface area contributed by atoms with E-state index in [1.807, 2.05) is 18.2 Å². The molecule has 0 atom stereocenters. The molecule has 0 radical (unpaired) electrons. The highest BCUT2D eigenvalue weighted by atomic mass is 32.2. The highest BCUT2D eigenvalue weighted by Gasteiger charge is 2.30. The van der Waals surface area contributed by atoms with Crippen LogP contribution in [0.25, 0.3) is 11.4 Å². The van der Waals surface area contributed by atoms with Crippen LogP contribution in [0.3, 0.4) is 0 Å². The van der Waals surface area contributed by atoms with Gasteiger partial charge < -0.3 is 4.98 Å². The minimum atomic E-state index is 0.0632. The number of H-pyrrole nitrogens is 1. The van der Waals surface area contributed by atoms with Crippen LogP contribution in [0.2, 0.25) is 0 Å². The fourth-order valence-electron chi connectivity index (χ4n) is 2.44. The van der Waals surface area contributed by atoms with Crippen LogP contribution in [-0.4, -0.2) is 36.3 Å². The van der Waals surface area contributed by atoms with E-state index in [1.54, 1.807) is 24.7 Å². The Morgan fingerprint density at radius 2 is 2.22 bits per heavy atom. The smallest absolute Gasteiger partial charge is 0.192 e. The summed E-state index contributed by atoms with van der Waals surface area (Å²) in [5, 5.41) is 9.41. The third-order valence-electron chi connectivity index (χ3n) is 3.73. The van der Waals surface area contributed by atoms with E-state index in [4.69, 9.17) is 0 Å². The number of carbonyl (C=O) groups is 1. The van der Waals surface area contributed by atoms with Crippen LogP contribution >= 0.6 is 11.8 Å². The SMILES string of the molecule is O=C(CSc1nnc(-c2cccnc2)n1C1CC1)c1ccc[nH]1. The molecule has 1 N–H and O–H groups in total. The van der Waals surface area contributed by atoms with Crippen LogP contribution in [0.1, 0.15) is 29.4 Å². The molecule has 0 spiro atoms. The zero-order valence-corrected chi connectivity index (χ0v) is 13.2. The van der Waals surface area contributed by atoms with Crippen molar-refractivity contribution in [2.75, 3.05) is 5.75 Å². The fraction of sp³-hybridized carbons (Fsp3) is 0.250. The third-order valence-corrected chi connectivity index (χ3v) is 4.67. The summed E-state index contributed by atoms with van der Waals surface area (Å²) in [5.74, 6) is 1.24. The summed E-state index contributed by atoms with van der Waals surface area (Å²) in [7, 11) is 0. The number of aromatic amines is 1. The van der Waals surface area contributed by atoms with Crippen LogP contribution in [0.4, 0.5) is 0 Å². The number of rotatable bonds is 6. The van der Waals surface area contributed by atoms with Crippen LogP contribution in [-0.2, 0) is 0 Å². The van der Waals surface area contributed by atoms with E-state index in [1.165, 1.54) is 11.8 Å². The molecule has 1 aliphatic rings. The van der Waals surface area contributed by atoms with Gasteiger partial charge in [0.15, 0.2) is 16.8 Å². The second-order valence-electron chi connectivity index (χ2n) is 5.44. The van der Waals surface area contributed by atoms with E-state index in [9.17, 15) is 4.79 Å². The summed E-state index contributed by atoms with van der Waals surface area (Å²) in [6.07, 6.45) is 7.55. The highest BCUT2D eigenvalue weighted by Crippen LogP contribution is 2.40. The number of pyridine rings is 1. The van der Waals surface area contributed by atoms with E-state index >= 15 is 0 Å². The van der Waals surface area contributed by atoms with Gasteiger partial charge in [-0.2, -0.15) is 0 Å². The van der Waals surface area contributed by atoms with Gasteiger partial charge in [-0.1, -0.05) is 11.8 Å². The molecule has 0 saturated heterocycles. The Kier molecular flexibility index (Phi) is 3.70. The van der Waals surface area contributed by atoms with Crippen molar-refractivity contribution < 1.29 is 4.79 Å². The molecule has 0 unspecified atom stereocenters. The molecule has 0 amide bonds. The maximum atomic E-state index is 12.1. The van der Waals surface area contributed by atoms with Gasteiger partial charge in [-0.3, -0.25) is 14.3 Å². The Morgan fingerprint density at radius 3 is 2.91 bits per heavy atom. The minimum Gasteiger partial charge on any atom is -0.359 e. The first-order valence-corrected chi connectivity index (χ1v) is 8.46. The number of aromatic nitrogens is 5. The summed E-state index contributed by atoms with van der Waals surface area (Å²) in [4.78, 5) is 19.2. The lowest BCUT2D eigenvalue weighted by atomic mass is 10.3. The Morgan fingerprint density at radius 1 is 1.30 bits per heavy atom. The van der Waals surface area contributed by atoms with Crippen LogP contribution in [0.5, 0.6) is 0 Å². The first-order valence-electron chi connectivity index (χ1n) is 7.47. The van der Waals surface area contributed by atoms with Crippen molar-refractivity contribution in [2.45, 2.75) is 24.0 Å². The van der Waals surface area contributed by atoms with Gasteiger partial charge in [0, 0.05) is 30.2 Å². The topological polar surface area (TPSA) is 76.5 Å². The van der Waals surface area contributed by atoms with Crippen molar-refractivity contribution in [3.05, 3.63) is 48.5 Å². The second-order valence-corrected chi connectivity index (χ2v) is 6.39. The molecule has 1 fully saturated rings. The van der Waals surface area contributed by atoms with Crippen LogP contribution < -0.4 is 0 Å². The van der Waals surface area contributed by atoms with Crippen molar-refractivity contribution in [3.63, 3.8) is 0 Å². The second kappa shape index (κ2) is 6.00. The van der Waals surface area contributed by atoms with Crippen molar-refractivity contribution >= 4 is 17.5 Å². The normalized spacial score (nSPS) is 14.1. The van der Waals surface area contributed by atoms with Crippen LogP contribution in [0, 0.1) is 0 Å². The van der Waals surface area contributed by atoms with Crippen molar-refractivity contribution in [1.29, 1.82) is 0 Å². The molecular weight excluding hydrogens is 310 g/mol. The van der Waals surface area contributed by atoms with E-state index in [0.717, 1.165) is 29.4 Å². The van der Waals surface area contributed by atoms with Gasteiger partial charge in [0.05, 0.1) is 11.4 Å². The van der Waals surface area contributed by atoms with Gasteiger partial charge in [0.2, 0.25) is 0 Å². The Balaban J connectivity index is 1.57. The standard InChI is InChI=1S/C16H15N5OS/c22-14(13-4-2-8-18-13)10-23-16-20-19-15(21(16)12-5-6-12)11-3-1-7-17-9-11/h1-4,7-9,12,18H,5-6,10H2. The average molecular weight is 325 g/mol. The molecule has 1 saturated carbocycles. The number of carbonyl (C=O) groups excluding carboxylic acids is 1. The summed E-state index contributed by atoms with van der Waals surface area (Å²) in [6, 6.07) is 7.92. The molecule has 0 aliphatic heterocycles. The zero-order chi connectivity index (χ0) is 15.6. The predicted molar refractivity (Wildman–Crippen MR) is 87.4 cm³/mol. The molecule has 0 aromatic carbocycles. The van der Waals surface area contributed by atoms with Gasteiger partial charge in [0.1, 0.15) is 0 Å². The van der Waals surface area contributed by atoms with Gasteiger partial charge in [-0.05, 0) is 37.1 Å². The maximum absolute atomic E-state index is 12.1. The minimum absolute atomic E-state index is 0.0632. The number of thioether (sulfide) groups is 1. The number of nitrogens with one attached hydrogen (secondary N) is 1. The molecular formula is C16H15N5OS. The quantitative estimate of drug-likeness (QED) is 0.557. The van der Waals surface area contributed by atoms with Gasteiger partial charge in [0.25, 0.3) is 0 Å². The summed E-state index contributed by atoms with van der Waals surface area (Å²) >= 11 is 1.44. The fourth-order valence-corrected chi connectivity index (χ4v) is 3.33. The molecule has 4 rings (SSSR count). The number of hydrogen-bond donors (Lipinski definition) is 1. The first kappa shape index (κ1) is 14.2. The van der Waals surface area contributed by atoms with Crippen LogP contribution in [0.15, 0.2) is 48.0 Å². The molecule has 7 heteroatoms. The molecule has 3 heterocycles. The number of ketones is 1. The Hall–Kier alpha value is -2.41. The molecule has 0 bridgehead atoms. The largest absolute Gasteiger partial charge is 0.359 e. The van der Waals surface area contributed by atoms with Crippen molar-refractivity contribution in [2.24, 2.45) is 0 Å². The number of Topliss-reactive ketones (excluding diaryl/α,β-unsaturated/α-hetero) is 1. The summed E-state index contributed by atoms with van der Waals surface area (Å²) in [5.41, 5.74) is 1.58.